The number of benzene rings is 1. The lowest BCUT2D eigenvalue weighted by atomic mass is 10.2. The Labute approximate surface area is 153 Å². The number of nitrogens with one attached hydrogen (secondary N) is 1. The topological polar surface area (TPSA) is 88.2 Å². The summed E-state index contributed by atoms with van der Waals surface area (Å²) in [6.45, 7) is 2.61. The molecule has 0 spiro atoms. The van der Waals surface area contributed by atoms with Crippen LogP contribution in [0.25, 0.3) is 0 Å². The molecule has 0 unspecified atom stereocenters. The number of methoxy groups -OCH3 is 1. The van der Waals surface area contributed by atoms with E-state index in [9.17, 15) is 14.4 Å². The molecule has 1 aliphatic rings. The van der Waals surface area contributed by atoms with Crippen molar-refractivity contribution in [1.82, 2.24) is 15.1 Å². The molecule has 0 aliphatic carbocycles. The molecule has 142 valence electrons. The first kappa shape index (κ1) is 19.9. The minimum Gasteiger partial charge on any atom is -0.382 e. The van der Waals surface area contributed by atoms with E-state index in [2.05, 4.69) is 5.32 Å². The van der Waals surface area contributed by atoms with Crippen molar-refractivity contribution in [3.63, 3.8) is 0 Å². The van der Waals surface area contributed by atoms with Crippen LogP contribution in [-0.4, -0.2) is 87.2 Å². The van der Waals surface area contributed by atoms with E-state index in [4.69, 9.17) is 9.47 Å². The molecule has 0 radical (unpaired) electrons. The van der Waals surface area contributed by atoms with Gasteiger partial charge in [0.25, 0.3) is 5.91 Å². The maximum absolute atomic E-state index is 12.2. The predicted octanol–water partition coefficient (Wildman–Crippen LogP) is -0.250. The van der Waals surface area contributed by atoms with Crippen LogP contribution in [0.15, 0.2) is 30.3 Å². The van der Waals surface area contributed by atoms with Gasteiger partial charge in [0.05, 0.1) is 19.8 Å². The number of nitrogens with zero attached hydrogens (tertiary/aromatic N) is 2. The highest BCUT2D eigenvalue weighted by atomic mass is 16.5. The fourth-order valence-corrected chi connectivity index (χ4v) is 2.56. The van der Waals surface area contributed by atoms with Crippen LogP contribution in [-0.2, 0) is 19.1 Å². The van der Waals surface area contributed by atoms with Crippen molar-refractivity contribution in [1.29, 1.82) is 0 Å². The summed E-state index contributed by atoms with van der Waals surface area (Å²) in [7, 11) is 1.57. The van der Waals surface area contributed by atoms with Gasteiger partial charge in [-0.2, -0.15) is 0 Å². The summed E-state index contributed by atoms with van der Waals surface area (Å²) in [5.74, 6) is -0.524. The molecule has 26 heavy (non-hydrogen) atoms. The van der Waals surface area contributed by atoms with Gasteiger partial charge in [-0.05, 0) is 12.1 Å². The highest BCUT2D eigenvalue weighted by Gasteiger charge is 2.24. The minimum absolute atomic E-state index is 0.0183. The molecule has 8 nitrogen and oxygen atoms in total. The van der Waals surface area contributed by atoms with Crippen molar-refractivity contribution in [2.75, 3.05) is 59.7 Å². The van der Waals surface area contributed by atoms with Crippen molar-refractivity contribution in [2.24, 2.45) is 0 Å². The maximum atomic E-state index is 12.2. The average molecular weight is 363 g/mol. The Morgan fingerprint density at radius 2 is 1.58 bits per heavy atom. The van der Waals surface area contributed by atoms with Crippen LogP contribution in [0.5, 0.6) is 0 Å². The Hall–Kier alpha value is -2.45. The molecule has 0 aromatic heterocycles. The van der Waals surface area contributed by atoms with Gasteiger partial charge in [-0.1, -0.05) is 18.2 Å². The van der Waals surface area contributed by atoms with E-state index in [1.807, 2.05) is 6.07 Å². The molecule has 8 heteroatoms. The molecule has 1 N–H and O–H groups in total. The third-order valence-corrected chi connectivity index (χ3v) is 4.08. The van der Waals surface area contributed by atoms with E-state index in [0.717, 1.165) is 0 Å². The lowest BCUT2D eigenvalue weighted by molar-refractivity contribution is -0.142. The predicted molar refractivity (Wildman–Crippen MR) is 94.6 cm³/mol. The van der Waals surface area contributed by atoms with E-state index in [1.54, 1.807) is 41.2 Å². The number of ether oxygens (including phenoxy) is 2. The summed E-state index contributed by atoms with van der Waals surface area (Å²) in [6, 6.07) is 8.75. The second-order valence-electron chi connectivity index (χ2n) is 5.86. The van der Waals surface area contributed by atoms with Gasteiger partial charge < -0.3 is 24.6 Å². The highest BCUT2D eigenvalue weighted by Crippen LogP contribution is 2.03. The van der Waals surface area contributed by atoms with Crippen molar-refractivity contribution in [3.05, 3.63) is 35.9 Å². The first-order valence-corrected chi connectivity index (χ1v) is 8.57. The molecular weight excluding hydrogens is 338 g/mol. The number of carbonyl (C=O) groups excluding carboxylic acids is 3. The first-order chi connectivity index (χ1) is 12.6. The summed E-state index contributed by atoms with van der Waals surface area (Å²) < 4.78 is 10.1. The molecule has 0 saturated carbocycles. The van der Waals surface area contributed by atoms with Crippen LogP contribution in [0, 0.1) is 0 Å². The average Bonchev–Trinajstić information content (AvgIpc) is 2.69. The van der Waals surface area contributed by atoms with E-state index in [-0.39, 0.29) is 30.9 Å². The van der Waals surface area contributed by atoms with Crippen molar-refractivity contribution < 1.29 is 23.9 Å². The van der Waals surface area contributed by atoms with Gasteiger partial charge in [-0.3, -0.25) is 14.4 Å². The largest absolute Gasteiger partial charge is 0.382 e. The van der Waals surface area contributed by atoms with Crippen LogP contribution in [0.3, 0.4) is 0 Å². The van der Waals surface area contributed by atoms with Crippen LogP contribution in [0.1, 0.15) is 10.4 Å². The van der Waals surface area contributed by atoms with E-state index in [0.29, 0.717) is 45.0 Å². The zero-order chi connectivity index (χ0) is 18.8. The van der Waals surface area contributed by atoms with Crippen molar-refractivity contribution in [3.8, 4) is 0 Å². The molecule has 0 bridgehead atoms. The molecule has 3 amide bonds. The van der Waals surface area contributed by atoms with Gasteiger partial charge in [0, 0.05) is 38.9 Å². The fourth-order valence-electron chi connectivity index (χ4n) is 2.56. The number of hydrogen-bond acceptors (Lipinski definition) is 5. The Balaban J connectivity index is 1.68. The maximum Gasteiger partial charge on any atom is 0.251 e. The summed E-state index contributed by atoms with van der Waals surface area (Å²) >= 11 is 0. The van der Waals surface area contributed by atoms with Gasteiger partial charge in [0.2, 0.25) is 11.8 Å². The molecular formula is C18H25N3O5. The van der Waals surface area contributed by atoms with Crippen LogP contribution >= 0.6 is 0 Å². The Morgan fingerprint density at radius 3 is 2.19 bits per heavy atom. The third-order valence-electron chi connectivity index (χ3n) is 4.08. The van der Waals surface area contributed by atoms with E-state index >= 15 is 0 Å². The molecule has 1 heterocycles. The van der Waals surface area contributed by atoms with Crippen LogP contribution in [0.4, 0.5) is 0 Å². The summed E-state index contributed by atoms with van der Waals surface area (Å²) in [5, 5.41) is 2.63. The van der Waals surface area contributed by atoms with Crippen LogP contribution < -0.4 is 5.32 Å². The third kappa shape index (κ3) is 6.12. The number of piperazine rings is 1. The normalized spacial score (nSPS) is 14.2. The quantitative estimate of drug-likeness (QED) is 0.644. The zero-order valence-corrected chi connectivity index (χ0v) is 15.0. The van der Waals surface area contributed by atoms with Crippen LogP contribution in [0.2, 0.25) is 0 Å². The highest BCUT2D eigenvalue weighted by molar-refractivity contribution is 5.96. The van der Waals surface area contributed by atoms with E-state index in [1.165, 1.54) is 0 Å². The van der Waals surface area contributed by atoms with Gasteiger partial charge in [0.1, 0.15) is 6.61 Å². The van der Waals surface area contributed by atoms with Gasteiger partial charge in [0.15, 0.2) is 0 Å². The molecule has 1 aromatic rings. The zero-order valence-electron chi connectivity index (χ0n) is 15.0. The summed E-state index contributed by atoms with van der Waals surface area (Å²) in [5.41, 5.74) is 0.518. The van der Waals surface area contributed by atoms with Gasteiger partial charge >= 0.3 is 0 Å². The molecule has 2 rings (SSSR count). The Morgan fingerprint density at radius 1 is 0.962 bits per heavy atom. The number of carbonyl (C=O) groups is 3. The summed E-state index contributed by atoms with van der Waals surface area (Å²) in [4.78, 5) is 39.5. The first-order valence-electron chi connectivity index (χ1n) is 8.57. The Bertz CT molecular complexity index is 600. The van der Waals surface area contributed by atoms with Crippen molar-refractivity contribution >= 4 is 17.7 Å². The van der Waals surface area contributed by atoms with Crippen molar-refractivity contribution in [2.45, 2.75) is 0 Å². The molecule has 0 atom stereocenters. The Kier molecular flexibility index (Phi) is 8.04. The number of rotatable bonds is 8. The monoisotopic (exact) mass is 363 g/mol. The molecule has 1 saturated heterocycles. The molecule has 1 fully saturated rings. The number of amides is 3. The molecule has 1 aliphatic heterocycles. The lowest BCUT2D eigenvalue weighted by Crippen LogP contribution is -2.53. The molecule has 1 aromatic carbocycles. The second-order valence-corrected chi connectivity index (χ2v) is 5.86. The summed E-state index contributed by atoms with van der Waals surface area (Å²) in [6.07, 6.45) is 0. The minimum atomic E-state index is -0.277. The van der Waals surface area contributed by atoms with Gasteiger partial charge in [-0.15, -0.1) is 0 Å². The second kappa shape index (κ2) is 10.5. The SMILES string of the molecule is COCCOCC(=O)N1CCN(C(=O)CNC(=O)c2ccccc2)CC1. The standard InChI is InChI=1S/C18H25N3O5/c1-25-11-12-26-14-17(23)21-9-7-20(8-10-21)16(22)13-19-18(24)15-5-3-2-4-6-15/h2-6H,7-14H2,1H3,(H,19,24). The smallest absolute Gasteiger partial charge is 0.251 e. The van der Waals surface area contributed by atoms with Gasteiger partial charge in [-0.25, -0.2) is 0 Å². The lowest BCUT2D eigenvalue weighted by Gasteiger charge is -2.34. The van der Waals surface area contributed by atoms with E-state index < -0.39 is 0 Å². The number of hydrogen-bond donors (Lipinski definition) is 1. The fraction of sp³-hybridized carbons (Fsp3) is 0.500.